The van der Waals surface area contributed by atoms with E-state index in [1.807, 2.05) is 5.38 Å². The Labute approximate surface area is 107 Å². The first-order valence-electron chi connectivity index (χ1n) is 5.23. The van der Waals surface area contributed by atoms with Crippen molar-refractivity contribution in [3.05, 3.63) is 40.2 Å². The Morgan fingerprint density at radius 3 is 3.06 bits per heavy atom. The number of nitrogens with zero attached hydrogens (tertiary/aromatic N) is 2. The first kappa shape index (κ1) is 12.4. The molecule has 0 unspecified atom stereocenters. The largest absolute Gasteiger partial charge is 0.381 e. The number of aromatic nitrogens is 2. The number of hydrogen-bond acceptors (Lipinski definition) is 5. The van der Waals surface area contributed by atoms with Gasteiger partial charge in [-0.05, 0) is 6.07 Å². The zero-order valence-electron chi connectivity index (χ0n) is 9.39. The van der Waals surface area contributed by atoms with Crippen LogP contribution in [0.4, 0.5) is 10.2 Å². The summed E-state index contributed by atoms with van der Waals surface area (Å²) in [6, 6.07) is 1.30. The van der Waals surface area contributed by atoms with Gasteiger partial charge >= 0.3 is 0 Å². The number of hydrogen-bond donors (Lipinski definition) is 2. The van der Waals surface area contributed by atoms with Crippen molar-refractivity contribution in [1.29, 1.82) is 0 Å². The van der Waals surface area contributed by atoms with Crippen LogP contribution in [-0.4, -0.2) is 22.4 Å². The number of rotatable bonds is 4. The van der Waals surface area contributed by atoms with Crippen LogP contribution in [0.1, 0.15) is 16.1 Å². The number of nitrogens with one attached hydrogen (secondary N) is 1. The Kier molecular flexibility index (Phi) is 3.83. The van der Waals surface area contributed by atoms with E-state index in [-0.39, 0.29) is 11.4 Å². The molecule has 0 saturated carbocycles. The van der Waals surface area contributed by atoms with Crippen molar-refractivity contribution in [1.82, 2.24) is 15.3 Å². The first-order chi connectivity index (χ1) is 8.68. The minimum absolute atomic E-state index is 0.0965. The van der Waals surface area contributed by atoms with Crippen LogP contribution < -0.4 is 11.1 Å². The molecule has 0 aromatic carbocycles. The van der Waals surface area contributed by atoms with Gasteiger partial charge in [-0.1, -0.05) is 0 Å². The molecule has 0 bridgehead atoms. The fraction of sp³-hybridized carbons (Fsp3) is 0.182. The third kappa shape index (κ3) is 2.80. The minimum atomic E-state index is -0.788. The van der Waals surface area contributed by atoms with Gasteiger partial charge < -0.3 is 11.1 Å². The van der Waals surface area contributed by atoms with E-state index in [2.05, 4.69) is 15.3 Å². The Balaban J connectivity index is 1.93. The molecular formula is C11H11FN4OS. The molecule has 7 heteroatoms. The highest BCUT2D eigenvalue weighted by molar-refractivity contribution is 7.07. The lowest BCUT2D eigenvalue weighted by Crippen LogP contribution is -2.27. The number of anilines is 1. The highest BCUT2D eigenvalue weighted by Crippen LogP contribution is 2.11. The number of thiazole rings is 1. The second-order valence-corrected chi connectivity index (χ2v) is 4.26. The van der Waals surface area contributed by atoms with Crippen LogP contribution in [0.5, 0.6) is 0 Å². The summed E-state index contributed by atoms with van der Waals surface area (Å²) in [5.74, 6) is -1.57. The van der Waals surface area contributed by atoms with Gasteiger partial charge in [0.05, 0.1) is 16.8 Å². The van der Waals surface area contributed by atoms with Crippen molar-refractivity contribution in [2.45, 2.75) is 6.42 Å². The molecular weight excluding hydrogens is 255 g/mol. The SMILES string of the molecule is Nc1nccc(C(=O)NCCc2cscn2)c1F. The minimum Gasteiger partial charge on any atom is -0.381 e. The molecule has 5 nitrogen and oxygen atoms in total. The van der Waals surface area contributed by atoms with Crippen LogP contribution in [0.15, 0.2) is 23.2 Å². The van der Waals surface area contributed by atoms with E-state index in [0.717, 1.165) is 5.69 Å². The fourth-order valence-corrected chi connectivity index (χ4v) is 1.99. The summed E-state index contributed by atoms with van der Waals surface area (Å²) in [7, 11) is 0. The van der Waals surface area contributed by atoms with Gasteiger partial charge in [0.2, 0.25) is 0 Å². The van der Waals surface area contributed by atoms with E-state index in [1.54, 1.807) is 5.51 Å². The Bertz CT molecular complexity index is 544. The van der Waals surface area contributed by atoms with Crippen LogP contribution >= 0.6 is 11.3 Å². The number of amides is 1. The molecule has 94 valence electrons. The van der Waals surface area contributed by atoms with Crippen LogP contribution in [0.25, 0.3) is 0 Å². The number of pyridine rings is 1. The number of carbonyl (C=O) groups excluding carboxylic acids is 1. The van der Waals surface area contributed by atoms with Crippen molar-refractivity contribution >= 4 is 23.1 Å². The fourth-order valence-electron chi connectivity index (χ4n) is 1.40. The van der Waals surface area contributed by atoms with Gasteiger partial charge in [-0.3, -0.25) is 4.79 Å². The topological polar surface area (TPSA) is 80.9 Å². The predicted octanol–water partition coefficient (Wildman–Crippen LogP) is 1.23. The monoisotopic (exact) mass is 266 g/mol. The van der Waals surface area contributed by atoms with Crippen LogP contribution in [0.2, 0.25) is 0 Å². The predicted molar refractivity (Wildman–Crippen MR) is 66.8 cm³/mol. The first-order valence-corrected chi connectivity index (χ1v) is 6.18. The molecule has 0 radical (unpaired) electrons. The van der Waals surface area contributed by atoms with Gasteiger partial charge in [-0.25, -0.2) is 14.4 Å². The molecule has 2 aromatic rings. The lowest BCUT2D eigenvalue weighted by Gasteiger charge is -2.05. The molecule has 2 aromatic heterocycles. The van der Waals surface area contributed by atoms with Crippen LogP contribution in [0.3, 0.4) is 0 Å². The zero-order valence-corrected chi connectivity index (χ0v) is 10.2. The molecule has 0 aliphatic rings. The van der Waals surface area contributed by atoms with E-state index in [4.69, 9.17) is 5.73 Å². The van der Waals surface area contributed by atoms with Crippen LogP contribution in [0, 0.1) is 5.82 Å². The molecule has 2 heterocycles. The second-order valence-electron chi connectivity index (χ2n) is 3.54. The van der Waals surface area contributed by atoms with Gasteiger partial charge in [-0.15, -0.1) is 11.3 Å². The summed E-state index contributed by atoms with van der Waals surface area (Å²) in [4.78, 5) is 19.3. The third-order valence-corrected chi connectivity index (χ3v) is 2.95. The highest BCUT2D eigenvalue weighted by Gasteiger charge is 2.13. The molecule has 1 amide bonds. The normalized spacial score (nSPS) is 10.3. The molecule has 0 fully saturated rings. The summed E-state index contributed by atoms with van der Waals surface area (Å²) in [6.45, 7) is 0.393. The van der Waals surface area contributed by atoms with Crippen molar-refractivity contribution in [3.63, 3.8) is 0 Å². The molecule has 0 aliphatic heterocycles. The van der Waals surface area contributed by atoms with E-state index < -0.39 is 11.7 Å². The Morgan fingerprint density at radius 2 is 2.33 bits per heavy atom. The summed E-state index contributed by atoms with van der Waals surface area (Å²) in [5, 5.41) is 4.51. The van der Waals surface area contributed by atoms with Crippen LogP contribution in [-0.2, 0) is 6.42 Å². The number of halogens is 1. The van der Waals surface area contributed by atoms with Gasteiger partial charge in [0, 0.05) is 24.5 Å². The summed E-state index contributed by atoms with van der Waals surface area (Å²) in [5.41, 5.74) is 7.81. The van der Waals surface area contributed by atoms with Crippen molar-refractivity contribution in [2.75, 3.05) is 12.3 Å². The number of nitrogen functional groups attached to an aromatic ring is 1. The summed E-state index contributed by atoms with van der Waals surface area (Å²) < 4.78 is 13.5. The standard InChI is InChI=1S/C11H11FN4OS/c12-9-8(2-4-14-10(9)13)11(17)15-3-1-7-5-18-6-16-7/h2,4-6H,1,3H2,(H2,13,14)(H,15,17). The highest BCUT2D eigenvalue weighted by atomic mass is 32.1. The second kappa shape index (κ2) is 5.54. The van der Waals surface area contributed by atoms with E-state index in [0.29, 0.717) is 13.0 Å². The lowest BCUT2D eigenvalue weighted by molar-refractivity contribution is 0.0950. The molecule has 2 rings (SSSR count). The quantitative estimate of drug-likeness (QED) is 0.872. The Hall–Kier alpha value is -2.02. The number of nitrogens with two attached hydrogens (primary N) is 1. The van der Waals surface area contributed by atoms with Crippen molar-refractivity contribution in [2.24, 2.45) is 0 Å². The Morgan fingerprint density at radius 1 is 1.50 bits per heavy atom. The zero-order chi connectivity index (χ0) is 13.0. The smallest absolute Gasteiger partial charge is 0.254 e. The maximum atomic E-state index is 13.5. The molecule has 18 heavy (non-hydrogen) atoms. The van der Waals surface area contributed by atoms with Gasteiger partial charge in [0.1, 0.15) is 0 Å². The number of carbonyl (C=O) groups is 1. The summed E-state index contributed by atoms with van der Waals surface area (Å²) >= 11 is 1.49. The lowest BCUT2D eigenvalue weighted by atomic mass is 10.2. The van der Waals surface area contributed by atoms with Crippen molar-refractivity contribution < 1.29 is 9.18 Å². The summed E-state index contributed by atoms with van der Waals surface area (Å²) in [6.07, 6.45) is 1.91. The molecule has 0 atom stereocenters. The van der Waals surface area contributed by atoms with Gasteiger partial charge in [0.15, 0.2) is 11.6 Å². The van der Waals surface area contributed by atoms with E-state index in [9.17, 15) is 9.18 Å². The van der Waals surface area contributed by atoms with E-state index >= 15 is 0 Å². The average Bonchev–Trinajstić information content (AvgIpc) is 2.85. The van der Waals surface area contributed by atoms with Gasteiger partial charge in [-0.2, -0.15) is 0 Å². The molecule has 0 spiro atoms. The molecule has 0 saturated heterocycles. The van der Waals surface area contributed by atoms with E-state index in [1.165, 1.54) is 23.6 Å². The maximum absolute atomic E-state index is 13.5. The van der Waals surface area contributed by atoms with Gasteiger partial charge in [0.25, 0.3) is 5.91 Å². The average molecular weight is 266 g/mol. The van der Waals surface area contributed by atoms with Crippen molar-refractivity contribution in [3.8, 4) is 0 Å². The third-order valence-electron chi connectivity index (χ3n) is 2.31. The molecule has 3 N–H and O–H groups in total. The maximum Gasteiger partial charge on any atom is 0.254 e. The molecule has 0 aliphatic carbocycles.